The number of aromatic amines is 1. The predicted octanol–water partition coefficient (Wildman–Crippen LogP) is 4.68. The Hall–Kier alpha value is -2.33. The number of carbonyl (C=O) groups is 1. The van der Waals surface area contributed by atoms with Crippen molar-refractivity contribution in [2.75, 3.05) is 7.11 Å². The first-order chi connectivity index (χ1) is 10.7. The number of ether oxygens (including phenoxy) is 1. The highest BCUT2D eigenvalue weighted by Gasteiger charge is 2.16. The third-order valence-electron chi connectivity index (χ3n) is 3.48. The Balaban J connectivity index is 2.01. The molecule has 0 aliphatic heterocycles. The fourth-order valence-electron chi connectivity index (χ4n) is 2.34. The van der Waals surface area contributed by atoms with Crippen molar-refractivity contribution in [2.24, 2.45) is 0 Å². The average Bonchev–Trinajstić information content (AvgIpc) is 3.04. The number of carbonyl (C=O) groups excluding carboxylic acids is 1. The van der Waals surface area contributed by atoms with Crippen LogP contribution in [0, 0.1) is 0 Å². The molecule has 0 spiro atoms. The summed E-state index contributed by atoms with van der Waals surface area (Å²) in [5.41, 5.74) is 3.12. The van der Waals surface area contributed by atoms with Crippen LogP contribution in [0.15, 0.2) is 65.4 Å². The van der Waals surface area contributed by atoms with E-state index in [9.17, 15) is 4.79 Å². The van der Waals surface area contributed by atoms with Gasteiger partial charge in [0, 0.05) is 33.6 Å². The van der Waals surface area contributed by atoms with Crippen LogP contribution in [0.25, 0.3) is 11.1 Å². The first-order valence-electron chi connectivity index (χ1n) is 6.80. The summed E-state index contributed by atoms with van der Waals surface area (Å²) in [6, 6.07) is 15.0. The molecule has 0 saturated carbocycles. The molecular formula is C18H14BrNO2. The molecule has 110 valence electrons. The van der Waals surface area contributed by atoms with Gasteiger partial charge in [-0.15, -0.1) is 0 Å². The van der Waals surface area contributed by atoms with Crippen LogP contribution >= 0.6 is 15.9 Å². The molecule has 4 heteroatoms. The molecule has 2 aromatic carbocycles. The lowest BCUT2D eigenvalue weighted by molar-refractivity contribution is 0.103. The number of aromatic nitrogens is 1. The van der Waals surface area contributed by atoms with E-state index in [1.54, 1.807) is 13.3 Å². The fraction of sp³-hybridized carbons (Fsp3) is 0.0556. The standard InChI is InChI=1S/C18H14BrNO2/c1-22-15-4-2-3-13(9-15)16-10-20-11-17(16)18(21)12-5-7-14(19)8-6-12/h2-11,20H,1H3. The second kappa shape index (κ2) is 6.20. The highest BCUT2D eigenvalue weighted by molar-refractivity contribution is 9.10. The van der Waals surface area contributed by atoms with Gasteiger partial charge in [0.1, 0.15) is 5.75 Å². The van der Waals surface area contributed by atoms with E-state index < -0.39 is 0 Å². The van der Waals surface area contributed by atoms with Gasteiger partial charge >= 0.3 is 0 Å². The summed E-state index contributed by atoms with van der Waals surface area (Å²) in [6.07, 6.45) is 3.57. The number of methoxy groups -OCH3 is 1. The van der Waals surface area contributed by atoms with Crippen molar-refractivity contribution in [1.82, 2.24) is 4.98 Å². The highest BCUT2D eigenvalue weighted by atomic mass is 79.9. The molecule has 3 rings (SSSR count). The molecule has 3 aromatic rings. The molecule has 0 saturated heterocycles. The Kier molecular flexibility index (Phi) is 4.11. The number of nitrogens with one attached hydrogen (secondary N) is 1. The molecule has 22 heavy (non-hydrogen) atoms. The summed E-state index contributed by atoms with van der Waals surface area (Å²) < 4.78 is 6.20. The van der Waals surface area contributed by atoms with Crippen molar-refractivity contribution in [2.45, 2.75) is 0 Å². The number of H-pyrrole nitrogens is 1. The van der Waals surface area contributed by atoms with E-state index in [1.807, 2.05) is 54.7 Å². The van der Waals surface area contributed by atoms with E-state index >= 15 is 0 Å². The van der Waals surface area contributed by atoms with Crippen molar-refractivity contribution in [3.8, 4) is 16.9 Å². The molecule has 0 atom stereocenters. The number of rotatable bonds is 4. The zero-order chi connectivity index (χ0) is 15.5. The van der Waals surface area contributed by atoms with Crippen LogP contribution in [-0.2, 0) is 0 Å². The van der Waals surface area contributed by atoms with E-state index in [0.717, 1.165) is 21.3 Å². The molecule has 0 aliphatic carbocycles. The van der Waals surface area contributed by atoms with Gasteiger partial charge in [-0.05, 0) is 42.0 Å². The number of ketones is 1. The first kappa shape index (κ1) is 14.6. The highest BCUT2D eigenvalue weighted by Crippen LogP contribution is 2.28. The maximum absolute atomic E-state index is 12.7. The Morgan fingerprint density at radius 3 is 2.59 bits per heavy atom. The molecule has 0 aliphatic rings. The third kappa shape index (κ3) is 2.83. The Morgan fingerprint density at radius 2 is 1.86 bits per heavy atom. The number of benzene rings is 2. The molecular weight excluding hydrogens is 342 g/mol. The van der Waals surface area contributed by atoms with Crippen LogP contribution in [0.2, 0.25) is 0 Å². The minimum Gasteiger partial charge on any atom is -0.497 e. The van der Waals surface area contributed by atoms with Gasteiger partial charge in [0.05, 0.1) is 7.11 Å². The van der Waals surface area contributed by atoms with Gasteiger partial charge in [0.15, 0.2) is 5.78 Å². The molecule has 1 aromatic heterocycles. The van der Waals surface area contributed by atoms with Crippen molar-refractivity contribution in [1.29, 1.82) is 0 Å². The van der Waals surface area contributed by atoms with Crippen LogP contribution in [-0.4, -0.2) is 17.9 Å². The molecule has 3 nitrogen and oxygen atoms in total. The average molecular weight is 356 g/mol. The summed E-state index contributed by atoms with van der Waals surface area (Å²) in [6.45, 7) is 0. The minimum atomic E-state index is -0.00781. The van der Waals surface area contributed by atoms with Crippen molar-refractivity contribution >= 4 is 21.7 Å². The monoisotopic (exact) mass is 355 g/mol. The normalized spacial score (nSPS) is 10.5. The summed E-state index contributed by atoms with van der Waals surface area (Å²) in [5.74, 6) is 0.757. The molecule has 1 heterocycles. The summed E-state index contributed by atoms with van der Waals surface area (Å²) in [4.78, 5) is 15.7. The second-order valence-corrected chi connectivity index (χ2v) is 5.77. The minimum absolute atomic E-state index is 0.00781. The lowest BCUT2D eigenvalue weighted by atomic mass is 9.98. The zero-order valence-electron chi connectivity index (χ0n) is 12.0. The molecule has 0 bridgehead atoms. The van der Waals surface area contributed by atoms with Crippen molar-refractivity contribution in [3.63, 3.8) is 0 Å². The van der Waals surface area contributed by atoms with Gasteiger partial charge in [0.25, 0.3) is 0 Å². The van der Waals surface area contributed by atoms with E-state index in [4.69, 9.17) is 4.74 Å². The van der Waals surface area contributed by atoms with E-state index in [-0.39, 0.29) is 5.78 Å². The van der Waals surface area contributed by atoms with Crippen LogP contribution in [0.3, 0.4) is 0 Å². The molecule has 0 fully saturated rings. The topological polar surface area (TPSA) is 42.1 Å². The van der Waals surface area contributed by atoms with Crippen LogP contribution in [0.1, 0.15) is 15.9 Å². The zero-order valence-corrected chi connectivity index (χ0v) is 13.6. The second-order valence-electron chi connectivity index (χ2n) is 4.85. The summed E-state index contributed by atoms with van der Waals surface area (Å²) in [7, 11) is 1.63. The van der Waals surface area contributed by atoms with Gasteiger partial charge in [-0.1, -0.05) is 28.1 Å². The van der Waals surface area contributed by atoms with Gasteiger partial charge in [-0.2, -0.15) is 0 Å². The lowest BCUT2D eigenvalue weighted by Crippen LogP contribution is -2.01. The van der Waals surface area contributed by atoms with E-state index in [2.05, 4.69) is 20.9 Å². The molecule has 0 amide bonds. The van der Waals surface area contributed by atoms with Crippen molar-refractivity contribution < 1.29 is 9.53 Å². The molecule has 0 unspecified atom stereocenters. The van der Waals surface area contributed by atoms with Crippen LogP contribution < -0.4 is 4.74 Å². The van der Waals surface area contributed by atoms with Gasteiger partial charge < -0.3 is 9.72 Å². The number of hydrogen-bond acceptors (Lipinski definition) is 2. The molecule has 1 N–H and O–H groups in total. The maximum Gasteiger partial charge on any atom is 0.195 e. The van der Waals surface area contributed by atoms with Gasteiger partial charge in [-0.3, -0.25) is 4.79 Å². The van der Waals surface area contributed by atoms with E-state index in [1.165, 1.54) is 0 Å². The van der Waals surface area contributed by atoms with Crippen molar-refractivity contribution in [3.05, 3.63) is 76.5 Å². The lowest BCUT2D eigenvalue weighted by Gasteiger charge is -2.06. The first-order valence-corrected chi connectivity index (χ1v) is 7.60. The summed E-state index contributed by atoms with van der Waals surface area (Å²) in [5, 5.41) is 0. The fourth-order valence-corrected chi connectivity index (χ4v) is 2.60. The number of halogens is 1. The van der Waals surface area contributed by atoms with Gasteiger partial charge in [-0.25, -0.2) is 0 Å². The Labute approximate surface area is 137 Å². The molecule has 0 radical (unpaired) electrons. The van der Waals surface area contributed by atoms with Crippen LogP contribution in [0.4, 0.5) is 0 Å². The maximum atomic E-state index is 12.7. The SMILES string of the molecule is COc1cccc(-c2c[nH]cc2C(=O)c2ccc(Br)cc2)c1. The van der Waals surface area contributed by atoms with Crippen LogP contribution in [0.5, 0.6) is 5.75 Å². The summed E-state index contributed by atoms with van der Waals surface area (Å²) >= 11 is 3.38. The smallest absolute Gasteiger partial charge is 0.195 e. The quantitative estimate of drug-likeness (QED) is 0.690. The largest absolute Gasteiger partial charge is 0.497 e. The Morgan fingerprint density at radius 1 is 1.09 bits per heavy atom. The Bertz CT molecular complexity index is 806. The van der Waals surface area contributed by atoms with Gasteiger partial charge in [0.2, 0.25) is 0 Å². The third-order valence-corrected chi connectivity index (χ3v) is 4.01. The van der Waals surface area contributed by atoms with E-state index in [0.29, 0.717) is 11.1 Å². The number of hydrogen-bond donors (Lipinski definition) is 1. The predicted molar refractivity (Wildman–Crippen MR) is 90.4 cm³/mol.